The summed E-state index contributed by atoms with van der Waals surface area (Å²) in [6.45, 7) is 3.67. The number of esters is 1. The second-order valence-electron chi connectivity index (χ2n) is 7.56. The number of aromatic nitrogens is 2. The molecule has 0 aliphatic heterocycles. The number of carbonyl (C=O) groups is 2. The van der Waals surface area contributed by atoms with Crippen LogP contribution in [0.15, 0.2) is 42.5 Å². The van der Waals surface area contributed by atoms with Crippen molar-refractivity contribution in [2.75, 3.05) is 20.8 Å². The molecule has 0 aliphatic rings. The van der Waals surface area contributed by atoms with Gasteiger partial charge in [0.2, 0.25) is 0 Å². The Bertz CT molecular complexity index is 1180. The van der Waals surface area contributed by atoms with E-state index in [1.807, 2.05) is 38.1 Å². The van der Waals surface area contributed by atoms with Crippen molar-refractivity contribution in [3.05, 3.63) is 75.0 Å². The molecule has 7 nitrogen and oxygen atoms in total. The SMILES string of the molecule is COc1ccccc1CN(C)C(=O)COC(=O)Cc1c(C)nn(-c2ccc(Cl)c(Cl)c2)c1C. The number of carbonyl (C=O) groups excluding carboxylic acids is 2. The number of rotatable bonds is 8. The molecule has 0 unspecified atom stereocenters. The fourth-order valence-electron chi connectivity index (χ4n) is 3.42. The van der Waals surface area contributed by atoms with Crippen LogP contribution in [0.4, 0.5) is 0 Å². The normalized spacial score (nSPS) is 10.7. The van der Waals surface area contributed by atoms with E-state index in [0.717, 1.165) is 22.5 Å². The Morgan fingerprint density at radius 1 is 1.09 bits per heavy atom. The van der Waals surface area contributed by atoms with E-state index in [0.29, 0.717) is 28.0 Å². The molecule has 0 fully saturated rings. The first-order chi connectivity index (χ1) is 15.7. The molecule has 0 bridgehead atoms. The van der Waals surface area contributed by atoms with Crippen molar-refractivity contribution < 1.29 is 19.1 Å². The molecule has 0 saturated heterocycles. The van der Waals surface area contributed by atoms with Crippen LogP contribution in [0.25, 0.3) is 5.69 Å². The van der Waals surface area contributed by atoms with Gasteiger partial charge >= 0.3 is 5.97 Å². The zero-order valence-corrected chi connectivity index (χ0v) is 20.4. The molecule has 3 rings (SSSR count). The molecule has 0 aliphatic carbocycles. The van der Waals surface area contributed by atoms with E-state index < -0.39 is 5.97 Å². The monoisotopic (exact) mass is 489 g/mol. The highest BCUT2D eigenvalue weighted by atomic mass is 35.5. The van der Waals surface area contributed by atoms with E-state index in [1.54, 1.807) is 37.0 Å². The van der Waals surface area contributed by atoms with E-state index in [1.165, 1.54) is 4.90 Å². The number of amides is 1. The minimum absolute atomic E-state index is 0.00247. The van der Waals surface area contributed by atoms with Crippen molar-refractivity contribution in [2.45, 2.75) is 26.8 Å². The molecule has 0 radical (unpaired) electrons. The van der Waals surface area contributed by atoms with E-state index in [2.05, 4.69) is 5.10 Å². The Hall–Kier alpha value is -3.03. The number of ether oxygens (including phenoxy) is 2. The number of hydrogen-bond donors (Lipinski definition) is 0. The predicted octanol–water partition coefficient (Wildman–Crippen LogP) is 4.55. The lowest BCUT2D eigenvalue weighted by Crippen LogP contribution is -2.31. The Morgan fingerprint density at radius 3 is 2.52 bits per heavy atom. The minimum Gasteiger partial charge on any atom is -0.496 e. The molecule has 174 valence electrons. The number of methoxy groups -OCH3 is 1. The topological polar surface area (TPSA) is 73.7 Å². The number of aryl methyl sites for hydroxylation is 1. The van der Waals surface area contributed by atoms with Crippen LogP contribution in [-0.2, 0) is 27.3 Å². The zero-order valence-electron chi connectivity index (χ0n) is 18.9. The Kier molecular flexibility index (Phi) is 8.00. The standard InChI is InChI=1S/C24H25Cl2N3O4/c1-15-19(16(2)29(27-15)18-9-10-20(25)21(26)11-18)12-24(31)33-14-23(30)28(3)13-17-7-5-6-8-22(17)32-4/h5-11H,12-14H2,1-4H3. The molecule has 2 aromatic carbocycles. The van der Waals surface area contributed by atoms with Gasteiger partial charge in [0.25, 0.3) is 5.91 Å². The number of nitrogens with zero attached hydrogens (tertiary/aromatic N) is 3. The van der Waals surface area contributed by atoms with Crippen LogP contribution in [-0.4, -0.2) is 47.3 Å². The molecule has 33 heavy (non-hydrogen) atoms. The third-order valence-electron chi connectivity index (χ3n) is 5.29. The van der Waals surface area contributed by atoms with E-state index in [9.17, 15) is 9.59 Å². The number of halogens is 2. The molecular formula is C24H25Cl2N3O4. The molecule has 9 heteroatoms. The smallest absolute Gasteiger partial charge is 0.310 e. The van der Waals surface area contributed by atoms with Gasteiger partial charge < -0.3 is 14.4 Å². The molecule has 0 N–H and O–H groups in total. The first kappa shape index (κ1) is 24.6. The average molecular weight is 490 g/mol. The summed E-state index contributed by atoms with van der Waals surface area (Å²) in [6.07, 6.45) is 0.00247. The molecule has 0 spiro atoms. The van der Waals surface area contributed by atoms with Gasteiger partial charge in [-0.15, -0.1) is 0 Å². The van der Waals surface area contributed by atoms with Gasteiger partial charge in [-0.1, -0.05) is 41.4 Å². The Balaban J connectivity index is 1.61. The Morgan fingerprint density at radius 2 is 1.82 bits per heavy atom. The summed E-state index contributed by atoms with van der Waals surface area (Å²) in [5.74, 6) is -0.123. The lowest BCUT2D eigenvalue weighted by molar-refractivity contribution is -0.151. The maximum Gasteiger partial charge on any atom is 0.310 e. The van der Waals surface area contributed by atoms with Crippen LogP contribution in [0.2, 0.25) is 10.0 Å². The maximum atomic E-state index is 12.5. The minimum atomic E-state index is -0.506. The highest BCUT2D eigenvalue weighted by Gasteiger charge is 2.19. The van der Waals surface area contributed by atoms with E-state index in [4.69, 9.17) is 32.7 Å². The highest BCUT2D eigenvalue weighted by Crippen LogP contribution is 2.26. The number of hydrogen-bond acceptors (Lipinski definition) is 5. The lowest BCUT2D eigenvalue weighted by atomic mass is 10.1. The summed E-state index contributed by atoms with van der Waals surface area (Å²) < 4.78 is 12.3. The second-order valence-corrected chi connectivity index (χ2v) is 8.37. The summed E-state index contributed by atoms with van der Waals surface area (Å²) in [5, 5.41) is 5.38. The van der Waals surface area contributed by atoms with Gasteiger partial charge in [0, 0.05) is 30.4 Å². The average Bonchev–Trinajstić information content (AvgIpc) is 3.07. The van der Waals surface area contributed by atoms with Crippen molar-refractivity contribution in [2.24, 2.45) is 0 Å². The molecular weight excluding hydrogens is 465 g/mol. The second kappa shape index (κ2) is 10.7. The predicted molar refractivity (Wildman–Crippen MR) is 127 cm³/mol. The summed E-state index contributed by atoms with van der Waals surface area (Å²) >= 11 is 12.1. The van der Waals surface area contributed by atoms with Crippen LogP contribution in [0.5, 0.6) is 5.75 Å². The van der Waals surface area contributed by atoms with Gasteiger partial charge in [-0.25, -0.2) is 4.68 Å². The summed E-state index contributed by atoms with van der Waals surface area (Å²) in [6, 6.07) is 12.6. The van der Waals surface area contributed by atoms with E-state index >= 15 is 0 Å². The maximum absolute atomic E-state index is 12.5. The van der Waals surface area contributed by atoms with Crippen molar-refractivity contribution in [1.29, 1.82) is 0 Å². The van der Waals surface area contributed by atoms with Crippen molar-refractivity contribution in [3.63, 3.8) is 0 Å². The molecule has 1 aromatic heterocycles. The lowest BCUT2D eigenvalue weighted by Gasteiger charge is -2.18. The molecule has 1 heterocycles. The molecule has 1 amide bonds. The van der Waals surface area contributed by atoms with Gasteiger partial charge in [0.15, 0.2) is 6.61 Å². The quantitative estimate of drug-likeness (QED) is 0.434. The Labute approximate surface area is 202 Å². The summed E-state index contributed by atoms with van der Waals surface area (Å²) in [5.41, 5.74) is 3.80. The zero-order chi connectivity index (χ0) is 24.1. The fourth-order valence-corrected chi connectivity index (χ4v) is 3.72. The van der Waals surface area contributed by atoms with Gasteiger partial charge in [0.1, 0.15) is 5.75 Å². The summed E-state index contributed by atoms with van der Waals surface area (Å²) in [4.78, 5) is 26.4. The van der Waals surface area contributed by atoms with Crippen LogP contribution in [0, 0.1) is 13.8 Å². The van der Waals surface area contributed by atoms with Crippen LogP contribution < -0.4 is 4.74 Å². The van der Waals surface area contributed by atoms with Gasteiger partial charge in [0.05, 0.1) is 35.0 Å². The van der Waals surface area contributed by atoms with Crippen LogP contribution >= 0.6 is 23.2 Å². The first-order valence-corrected chi connectivity index (χ1v) is 11.0. The third kappa shape index (κ3) is 5.86. The number of benzene rings is 2. The fraction of sp³-hybridized carbons (Fsp3) is 0.292. The van der Waals surface area contributed by atoms with Gasteiger partial charge in [-0.2, -0.15) is 5.10 Å². The van der Waals surface area contributed by atoms with Gasteiger partial charge in [-0.05, 0) is 38.1 Å². The highest BCUT2D eigenvalue weighted by molar-refractivity contribution is 6.42. The van der Waals surface area contributed by atoms with Crippen LogP contribution in [0.3, 0.4) is 0 Å². The number of likely N-dealkylation sites (N-methyl/N-ethyl adjacent to an activating group) is 1. The van der Waals surface area contributed by atoms with Crippen molar-refractivity contribution >= 4 is 35.1 Å². The third-order valence-corrected chi connectivity index (χ3v) is 6.03. The molecule has 0 saturated carbocycles. The first-order valence-electron chi connectivity index (χ1n) is 10.2. The van der Waals surface area contributed by atoms with Crippen LogP contribution in [0.1, 0.15) is 22.5 Å². The van der Waals surface area contributed by atoms with Crippen molar-refractivity contribution in [1.82, 2.24) is 14.7 Å². The largest absolute Gasteiger partial charge is 0.496 e. The number of para-hydroxylation sites is 1. The summed E-state index contributed by atoms with van der Waals surface area (Å²) in [7, 11) is 3.23. The van der Waals surface area contributed by atoms with E-state index in [-0.39, 0.29) is 18.9 Å². The van der Waals surface area contributed by atoms with Gasteiger partial charge in [-0.3, -0.25) is 9.59 Å². The molecule has 3 aromatic rings. The molecule has 0 atom stereocenters. The van der Waals surface area contributed by atoms with Crippen molar-refractivity contribution in [3.8, 4) is 11.4 Å².